The van der Waals surface area contributed by atoms with Gasteiger partial charge in [0.15, 0.2) is 11.8 Å². The van der Waals surface area contributed by atoms with Crippen LogP contribution in [0.3, 0.4) is 0 Å². The number of benzene rings is 2. The molecule has 8 heteroatoms. The van der Waals surface area contributed by atoms with Gasteiger partial charge in [-0.2, -0.15) is 0 Å². The summed E-state index contributed by atoms with van der Waals surface area (Å²) in [5, 5.41) is 22.8. The molecular weight excluding hydrogens is 388 g/mol. The van der Waals surface area contributed by atoms with Crippen LogP contribution in [-0.4, -0.2) is 60.2 Å². The zero-order valence-corrected chi connectivity index (χ0v) is 16.8. The van der Waals surface area contributed by atoms with Crippen LogP contribution in [0.1, 0.15) is 23.7 Å². The van der Waals surface area contributed by atoms with Crippen LogP contribution < -0.4 is 15.4 Å². The van der Waals surface area contributed by atoms with Gasteiger partial charge < -0.3 is 25.6 Å². The van der Waals surface area contributed by atoms with E-state index in [0.29, 0.717) is 18.7 Å². The zero-order chi connectivity index (χ0) is 21.9. The molecule has 0 fully saturated rings. The zero-order valence-electron chi connectivity index (χ0n) is 16.8. The van der Waals surface area contributed by atoms with Crippen molar-refractivity contribution in [3.63, 3.8) is 0 Å². The number of aliphatic hydroxyl groups excluding tert-OH is 2. The molecule has 0 aliphatic carbocycles. The molecule has 4 N–H and O–H groups in total. The first-order valence-corrected chi connectivity index (χ1v) is 9.66. The fourth-order valence-corrected chi connectivity index (χ4v) is 2.67. The second-order valence-corrected chi connectivity index (χ2v) is 6.50. The quantitative estimate of drug-likeness (QED) is 0.405. The molecule has 2 rings (SSSR count). The third-order valence-electron chi connectivity index (χ3n) is 4.26. The predicted molar refractivity (Wildman–Crippen MR) is 111 cm³/mol. The van der Waals surface area contributed by atoms with E-state index in [-0.39, 0.29) is 18.8 Å². The summed E-state index contributed by atoms with van der Waals surface area (Å²) in [5.41, 5.74) is 2.05. The van der Waals surface area contributed by atoms with Crippen LogP contribution in [0.15, 0.2) is 48.5 Å². The highest BCUT2D eigenvalue weighted by Crippen LogP contribution is 2.23. The fourth-order valence-electron chi connectivity index (χ4n) is 2.67. The number of rotatable bonds is 11. The van der Waals surface area contributed by atoms with E-state index in [1.807, 2.05) is 19.1 Å². The van der Waals surface area contributed by atoms with Crippen molar-refractivity contribution in [2.45, 2.75) is 19.4 Å². The van der Waals surface area contributed by atoms with Gasteiger partial charge in [0, 0.05) is 12.1 Å². The lowest BCUT2D eigenvalue weighted by Crippen LogP contribution is -2.52. The third-order valence-corrected chi connectivity index (χ3v) is 4.26. The summed E-state index contributed by atoms with van der Waals surface area (Å²) >= 11 is 0. The maximum Gasteiger partial charge on any atom is 0.252 e. The Morgan fingerprint density at radius 2 is 1.57 bits per heavy atom. The second-order valence-electron chi connectivity index (χ2n) is 6.50. The maximum atomic E-state index is 12.5. The molecule has 0 aromatic heterocycles. The van der Waals surface area contributed by atoms with Gasteiger partial charge in [0.25, 0.3) is 5.91 Å². The van der Waals surface area contributed by atoms with Crippen molar-refractivity contribution in [3.05, 3.63) is 54.1 Å². The Morgan fingerprint density at radius 3 is 2.10 bits per heavy atom. The van der Waals surface area contributed by atoms with Crippen molar-refractivity contribution >= 4 is 17.6 Å². The highest BCUT2D eigenvalue weighted by Gasteiger charge is 2.27. The van der Waals surface area contributed by atoms with E-state index in [9.17, 15) is 14.4 Å². The molecule has 2 amide bonds. The van der Waals surface area contributed by atoms with Gasteiger partial charge in [-0.3, -0.25) is 14.4 Å². The first-order chi connectivity index (χ1) is 14.5. The van der Waals surface area contributed by atoms with Crippen LogP contribution in [0.2, 0.25) is 0 Å². The summed E-state index contributed by atoms with van der Waals surface area (Å²) in [4.78, 5) is 36.5. The van der Waals surface area contributed by atoms with Gasteiger partial charge in [0.05, 0.1) is 6.61 Å². The number of ether oxygens (including phenoxy) is 1. The SMILES string of the molecule is CCCNC(=O)C(NC(=O)c1ccc(-c2ccc(OCCO)cc2)cc1)C(=O)CO. The summed E-state index contributed by atoms with van der Waals surface area (Å²) in [6, 6.07) is 12.5. The largest absolute Gasteiger partial charge is 0.491 e. The molecule has 0 heterocycles. The average molecular weight is 414 g/mol. The van der Waals surface area contributed by atoms with Gasteiger partial charge in [-0.05, 0) is 41.8 Å². The highest BCUT2D eigenvalue weighted by molar-refractivity contribution is 6.10. The molecule has 0 aliphatic rings. The van der Waals surface area contributed by atoms with E-state index in [2.05, 4.69) is 10.6 Å². The summed E-state index contributed by atoms with van der Waals surface area (Å²) < 4.78 is 5.32. The average Bonchev–Trinajstić information content (AvgIpc) is 2.79. The molecule has 0 aliphatic heterocycles. The Morgan fingerprint density at radius 1 is 0.967 bits per heavy atom. The van der Waals surface area contributed by atoms with Crippen LogP contribution in [0.5, 0.6) is 5.75 Å². The molecule has 0 bridgehead atoms. The summed E-state index contributed by atoms with van der Waals surface area (Å²) in [5.74, 6) is -1.38. The van der Waals surface area contributed by atoms with E-state index in [4.69, 9.17) is 14.9 Å². The van der Waals surface area contributed by atoms with Gasteiger partial charge in [-0.15, -0.1) is 0 Å². The first kappa shape index (κ1) is 23.1. The van der Waals surface area contributed by atoms with Crippen molar-refractivity contribution in [2.24, 2.45) is 0 Å². The number of Topliss-reactive ketones (excluding diaryl/α,β-unsaturated/α-hetero) is 1. The van der Waals surface area contributed by atoms with Crippen molar-refractivity contribution in [2.75, 3.05) is 26.4 Å². The minimum absolute atomic E-state index is 0.0592. The van der Waals surface area contributed by atoms with Crippen LogP contribution in [0, 0.1) is 0 Å². The van der Waals surface area contributed by atoms with Crippen LogP contribution in [0.4, 0.5) is 0 Å². The van der Waals surface area contributed by atoms with Gasteiger partial charge in [0.1, 0.15) is 19.0 Å². The lowest BCUT2D eigenvalue weighted by atomic mass is 10.0. The number of aliphatic hydroxyl groups is 2. The summed E-state index contributed by atoms with van der Waals surface area (Å²) in [6.45, 7) is 1.54. The molecule has 2 aromatic rings. The smallest absolute Gasteiger partial charge is 0.252 e. The maximum absolute atomic E-state index is 12.5. The standard InChI is InChI=1S/C22H26N2O6/c1-2-11-23-22(29)20(19(27)14-26)24-21(28)17-5-3-15(4-6-17)16-7-9-18(10-8-16)30-13-12-25/h3-10,20,25-26H,2,11-14H2,1H3,(H,23,29)(H,24,28). The fraction of sp³-hybridized carbons (Fsp3) is 0.318. The van der Waals surface area contributed by atoms with E-state index < -0.39 is 30.2 Å². The molecule has 8 nitrogen and oxygen atoms in total. The van der Waals surface area contributed by atoms with Gasteiger partial charge in [-0.1, -0.05) is 31.2 Å². The van der Waals surface area contributed by atoms with Crippen molar-refractivity contribution in [1.29, 1.82) is 0 Å². The number of hydrogen-bond donors (Lipinski definition) is 4. The van der Waals surface area contributed by atoms with Crippen molar-refractivity contribution < 1.29 is 29.3 Å². The van der Waals surface area contributed by atoms with Crippen LogP contribution in [-0.2, 0) is 9.59 Å². The molecule has 160 valence electrons. The van der Waals surface area contributed by atoms with Crippen LogP contribution >= 0.6 is 0 Å². The number of hydrogen-bond acceptors (Lipinski definition) is 6. The monoisotopic (exact) mass is 414 g/mol. The number of carbonyl (C=O) groups excluding carboxylic acids is 3. The Balaban J connectivity index is 2.07. The summed E-state index contributed by atoms with van der Waals surface area (Å²) in [7, 11) is 0. The van der Waals surface area contributed by atoms with Crippen LogP contribution in [0.25, 0.3) is 11.1 Å². The third kappa shape index (κ3) is 6.40. The minimum Gasteiger partial charge on any atom is -0.491 e. The van der Waals surface area contributed by atoms with Gasteiger partial charge in [-0.25, -0.2) is 0 Å². The number of nitrogens with one attached hydrogen (secondary N) is 2. The summed E-state index contributed by atoms with van der Waals surface area (Å²) in [6.07, 6.45) is 0.676. The molecular formula is C22H26N2O6. The molecule has 1 unspecified atom stereocenters. The van der Waals surface area contributed by atoms with Crippen molar-refractivity contribution in [1.82, 2.24) is 10.6 Å². The first-order valence-electron chi connectivity index (χ1n) is 9.66. The Bertz CT molecular complexity index is 849. The molecule has 0 spiro atoms. The molecule has 0 radical (unpaired) electrons. The van der Waals surface area contributed by atoms with Gasteiger partial charge >= 0.3 is 0 Å². The topological polar surface area (TPSA) is 125 Å². The lowest BCUT2D eigenvalue weighted by molar-refractivity contribution is -0.132. The Kier molecular flexibility index (Phi) is 8.99. The van der Waals surface area contributed by atoms with E-state index in [1.54, 1.807) is 36.4 Å². The van der Waals surface area contributed by atoms with E-state index >= 15 is 0 Å². The molecule has 1 atom stereocenters. The lowest BCUT2D eigenvalue weighted by Gasteiger charge is -2.16. The molecule has 2 aromatic carbocycles. The molecule has 30 heavy (non-hydrogen) atoms. The van der Waals surface area contributed by atoms with Gasteiger partial charge in [0.2, 0.25) is 5.91 Å². The number of amides is 2. The Hall–Kier alpha value is -3.23. The number of ketones is 1. The highest BCUT2D eigenvalue weighted by atomic mass is 16.5. The molecule has 0 saturated heterocycles. The number of carbonyl (C=O) groups is 3. The molecule has 0 saturated carbocycles. The second kappa shape index (κ2) is 11.7. The minimum atomic E-state index is -1.44. The van der Waals surface area contributed by atoms with Crippen molar-refractivity contribution in [3.8, 4) is 16.9 Å². The van der Waals surface area contributed by atoms with E-state index in [0.717, 1.165) is 11.1 Å². The normalized spacial score (nSPS) is 11.4. The Labute approximate surface area is 174 Å². The predicted octanol–water partition coefficient (Wildman–Crippen LogP) is 0.911. The van der Waals surface area contributed by atoms with E-state index in [1.165, 1.54) is 0 Å².